The first kappa shape index (κ1) is 14.9. The second kappa shape index (κ2) is 7.34. The molecule has 17 heavy (non-hydrogen) atoms. The summed E-state index contributed by atoms with van der Waals surface area (Å²) in [6.07, 6.45) is 5.97. The van der Waals surface area contributed by atoms with E-state index >= 15 is 0 Å². The molecule has 3 nitrogen and oxygen atoms in total. The van der Waals surface area contributed by atoms with Gasteiger partial charge < -0.3 is 10.5 Å². The maximum Gasteiger partial charge on any atom is 0.0635 e. The van der Waals surface area contributed by atoms with Gasteiger partial charge in [-0.2, -0.15) is 0 Å². The third kappa shape index (κ3) is 3.43. The Morgan fingerprint density at radius 3 is 2.24 bits per heavy atom. The Morgan fingerprint density at radius 2 is 1.76 bits per heavy atom. The number of nitrogens with zero attached hydrogens (tertiary/aromatic N) is 1. The minimum absolute atomic E-state index is 0.141. The summed E-state index contributed by atoms with van der Waals surface area (Å²) in [6.45, 7) is 10.6. The highest BCUT2D eigenvalue weighted by Gasteiger charge is 2.40. The Kier molecular flexibility index (Phi) is 6.45. The van der Waals surface area contributed by atoms with Gasteiger partial charge in [0.15, 0.2) is 0 Å². The maximum absolute atomic E-state index is 6.43. The van der Waals surface area contributed by atoms with Crippen LogP contribution in [-0.2, 0) is 4.74 Å². The van der Waals surface area contributed by atoms with Crippen LogP contribution in [0.5, 0.6) is 0 Å². The van der Waals surface area contributed by atoms with E-state index in [0.717, 1.165) is 25.9 Å². The van der Waals surface area contributed by atoms with Gasteiger partial charge in [-0.3, -0.25) is 4.90 Å². The average Bonchev–Trinajstić information content (AvgIpc) is 2.86. The van der Waals surface area contributed by atoms with Crippen LogP contribution < -0.4 is 5.73 Å². The molecule has 0 aromatic heterocycles. The van der Waals surface area contributed by atoms with Gasteiger partial charge >= 0.3 is 0 Å². The van der Waals surface area contributed by atoms with Crippen molar-refractivity contribution in [3.63, 3.8) is 0 Å². The van der Waals surface area contributed by atoms with Crippen LogP contribution in [0.25, 0.3) is 0 Å². The van der Waals surface area contributed by atoms with Crippen molar-refractivity contribution < 1.29 is 4.74 Å². The lowest BCUT2D eigenvalue weighted by Crippen LogP contribution is -2.60. The molecule has 1 fully saturated rings. The zero-order chi connectivity index (χ0) is 12.7. The van der Waals surface area contributed by atoms with Crippen molar-refractivity contribution in [2.75, 3.05) is 26.3 Å². The molecule has 1 saturated heterocycles. The van der Waals surface area contributed by atoms with Gasteiger partial charge in [0.05, 0.1) is 6.61 Å². The molecule has 2 N–H and O–H groups in total. The zero-order valence-electron chi connectivity index (χ0n) is 11.9. The fourth-order valence-electron chi connectivity index (χ4n) is 3.13. The smallest absolute Gasteiger partial charge is 0.0635 e. The quantitative estimate of drug-likeness (QED) is 0.664. The van der Waals surface area contributed by atoms with Crippen LogP contribution in [0.15, 0.2) is 0 Å². The second-order valence-corrected chi connectivity index (χ2v) is 5.19. The van der Waals surface area contributed by atoms with Gasteiger partial charge in [0, 0.05) is 18.2 Å². The minimum atomic E-state index is 0.141. The second-order valence-electron chi connectivity index (χ2n) is 5.19. The molecule has 0 aromatic rings. The molecule has 1 aliphatic rings. The van der Waals surface area contributed by atoms with Crippen molar-refractivity contribution in [1.29, 1.82) is 0 Å². The zero-order valence-corrected chi connectivity index (χ0v) is 11.9. The highest BCUT2D eigenvalue weighted by molar-refractivity contribution is 4.98. The predicted molar refractivity (Wildman–Crippen MR) is 73.2 cm³/mol. The lowest BCUT2D eigenvalue weighted by molar-refractivity contribution is 0.0255. The summed E-state index contributed by atoms with van der Waals surface area (Å²) < 4.78 is 5.66. The van der Waals surface area contributed by atoms with Gasteiger partial charge in [0.1, 0.15) is 0 Å². The number of hydrogen-bond acceptors (Lipinski definition) is 3. The van der Waals surface area contributed by atoms with Crippen molar-refractivity contribution >= 4 is 0 Å². The van der Waals surface area contributed by atoms with Crippen molar-refractivity contribution in [3.05, 3.63) is 0 Å². The van der Waals surface area contributed by atoms with Gasteiger partial charge in [-0.05, 0) is 45.2 Å². The molecule has 0 radical (unpaired) electrons. The first-order valence-corrected chi connectivity index (χ1v) is 7.29. The van der Waals surface area contributed by atoms with Crippen LogP contribution >= 0.6 is 0 Å². The van der Waals surface area contributed by atoms with E-state index in [0.29, 0.717) is 6.61 Å². The maximum atomic E-state index is 6.43. The van der Waals surface area contributed by atoms with E-state index < -0.39 is 0 Å². The summed E-state index contributed by atoms with van der Waals surface area (Å²) in [5.74, 6) is 0. The van der Waals surface area contributed by atoms with Crippen molar-refractivity contribution in [2.24, 2.45) is 5.73 Å². The van der Waals surface area contributed by atoms with E-state index in [-0.39, 0.29) is 11.6 Å². The number of nitrogens with two attached hydrogens (primary N) is 1. The first-order valence-electron chi connectivity index (χ1n) is 7.29. The van der Waals surface area contributed by atoms with Crippen molar-refractivity contribution in [3.8, 4) is 0 Å². The summed E-state index contributed by atoms with van der Waals surface area (Å²) in [5, 5.41) is 0. The van der Waals surface area contributed by atoms with Gasteiger partial charge in [-0.25, -0.2) is 0 Å². The van der Waals surface area contributed by atoms with Crippen LogP contribution in [0.3, 0.4) is 0 Å². The van der Waals surface area contributed by atoms with Crippen LogP contribution in [0.2, 0.25) is 0 Å². The summed E-state index contributed by atoms with van der Waals surface area (Å²) in [6, 6.07) is 0.141. The largest absolute Gasteiger partial charge is 0.380 e. The molecule has 1 rings (SSSR count). The molecule has 102 valence electrons. The Morgan fingerprint density at radius 1 is 1.18 bits per heavy atom. The normalized spacial score (nSPS) is 19.8. The van der Waals surface area contributed by atoms with E-state index in [9.17, 15) is 0 Å². The molecule has 0 aliphatic carbocycles. The third-order valence-electron chi connectivity index (χ3n) is 4.30. The SMILES string of the molecule is CCCOCC(N)C(CC)(CC)N1CCCC1. The predicted octanol–water partition coefficient (Wildman–Crippen LogP) is 2.39. The van der Waals surface area contributed by atoms with Crippen LogP contribution in [-0.4, -0.2) is 42.8 Å². The standard InChI is InChI=1S/C14H30N2O/c1-4-11-17-12-13(15)14(5-2,6-3)16-9-7-8-10-16/h13H,4-12,15H2,1-3H3. The van der Waals surface area contributed by atoms with Crippen LogP contribution in [0.4, 0.5) is 0 Å². The van der Waals surface area contributed by atoms with E-state index in [1.165, 1.54) is 25.9 Å². The monoisotopic (exact) mass is 242 g/mol. The molecule has 0 spiro atoms. The first-order chi connectivity index (χ1) is 8.21. The molecule has 0 amide bonds. The van der Waals surface area contributed by atoms with Gasteiger partial charge in [-0.15, -0.1) is 0 Å². The Balaban J connectivity index is 2.61. The van der Waals surface area contributed by atoms with E-state index in [1.807, 2.05) is 0 Å². The summed E-state index contributed by atoms with van der Waals surface area (Å²) in [7, 11) is 0. The summed E-state index contributed by atoms with van der Waals surface area (Å²) in [4.78, 5) is 2.60. The highest BCUT2D eigenvalue weighted by atomic mass is 16.5. The molecule has 3 heteroatoms. The number of likely N-dealkylation sites (tertiary alicyclic amines) is 1. The van der Waals surface area contributed by atoms with Crippen LogP contribution in [0.1, 0.15) is 52.9 Å². The lowest BCUT2D eigenvalue weighted by atomic mass is 9.83. The molecule has 1 unspecified atom stereocenters. The highest BCUT2D eigenvalue weighted by Crippen LogP contribution is 2.30. The Labute approximate surface area is 107 Å². The minimum Gasteiger partial charge on any atom is -0.380 e. The van der Waals surface area contributed by atoms with E-state index in [2.05, 4.69) is 25.7 Å². The summed E-state index contributed by atoms with van der Waals surface area (Å²) >= 11 is 0. The molecule has 0 bridgehead atoms. The van der Waals surface area contributed by atoms with Gasteiger partial charge in [0.2, 0.25) is 0 Å². The topological polar surface area (TPSA) is 38.5 Å². The molecular formula is C14H30N2O. The average molecular weight is 242 g/mol. The molecule has 1 aliphatic heterocycles. The lowest BCUT2D eigenvalue weighted by Gasteiger charge is -2.45. The fourth-order valence-corrected chi connectivity index (χ4v) is 3.13. The van der Waals surface area contributed by atoms with Crippen LogP contribution in [0, 0.1) is 0 Å². The number of rotatable bonds is 8. The molecule has 0 aromatic carbocycles. The molecule has 0 saturated carbocycles. The van der Waals surface area contributed by atoms with Gasteiger partial charge in [-0.1, -0.05) is 20.8 Å². The van der Waals surface area contributed by atoms with Gasteiger partial charge in [0.25, 0.3) is 0 Å². The fraction of sp³-hybridized carbons (Fsp3) is 1.00. The van der Waals surface area contributed by atoms with Crippen molar-refractivity contribution in [2.45, 2.75) is 64.5 Å². The van der Waals surface area contributed by atoms with Crippen molar-refractivity contribution in [1.82, 2.24) is 4.90 Å². The van der Waals surface area contributed by atoms with E-state index in [4.69, 9.17) is 10.5 Å². The molecular weight excluding hydrogens is 212 g/mol. The van der Waals surface area contributed by atoms with E-state index in [1.54, 1.807) is 0 Å². The third-order valence-corrected chi connectivity index (χ3v) is 4.30. The Bertz CT molecular complexity index is 198. The molecule has 1 heterocycles. The Hall–Kier alpha value is -0.120. The number of ether oxygens (including phenoxy) is 1. The summed E-state index contributed by atoms with van der Waals surface area (Å²) in [5.41, 5.74) is 6.58. The number of hydrogen-bond donors (Lipinski definition) is 1. The molecule has 1 atom stereocenters.